The van der Waals surface area contributed by atoms with Crippen molar-refractivity contribution in [2.75, 3.05) is 7.11 Å². The third-order valence-electron chi connectivity index (χ3n) is 2.51. The molecule has 1 aliphatic rings. The fourth-order valence-electron chi connectivity index (χ4n) is 1.47. The van der Waals surface area contributed by atoms with Crippen LogP contribution in [0.2, 0.25) is 0 Å². The molecule has 2 nitrogen and oxygen atoms in total. The summed E-state index contributed by atoms with van der Waals surface area (Å²) in [5.41, 5.74) is 2.60. The summed E-state index contributed by atoms with van der Waals surface area (Å²) in [6.07, 6.45) is 2.70. The third kappa shape index (κ3) is 2.82. The molecule has 0 bridgehead atoms. The lowest BCUT2D eigenvalue weighted by Crippen LogP contribution is -2.15. The van der Waals surface area contributed by atoms with Crippen molar-refractivity contribution in [3.8, 4) is 0 Å². The Morgan fingerprint density at radius 3 is 2.43 bits per heavy atom. The molecule has 1 aromatic rings. The second-order valence-electron chi connectivity index (χ2n) is 3.90. The summed E-state index contributed by atoms with van der Waals surface area (Å²) in [5.74, 6) is 0. The van der Waals surface area contributed by atoms with Crippen molar-refractivity contribution in [1.82, 2.24) is 5.32 Å². The Morgan fingerprint density at radius 1 is 1.21 bits per heavy atom. The smallest absolute Gasteiger partial charge is 0.0713 e. The third-order valence-corrected chi connectivity index (χ3v) is 2.51. The average molecular weight is 191 g/mol. The van der Waals surface area contributed by atoms with Gasteiger partial charge in [-0.3, -0.25) is 0 Å². The van der Waals surface area contributed by atoms with Gasteiger partial charge in [0.15, 0.2) is 0 Å². The maximum absolute atomic E-state index is 5.06. The second kappa shape index (κ2) is 4.58. The molecule has 0 amide bonds. The average Bonchev–Trinajstić information content (AvgIpc) is 3.01. The lowest BCUT2D eigenvalue weighted by Gasteiger charge is -2.04. The van der Waals surface area contributed by atoms with Gasteiger partial charge < -0.3 is 10.1 Å². The zero-order valence-corrected chi connectivity index (χ0v) is 8.62. The maximum atomic E-state index is 5.06. The van der Waals surface area contributed by atoms with Crippen molar-refractivity contribution < 1.29 is 4.74 Å². The van der Waals surface area contributed by atoms with Crippen LogP contribution in [0.4, 0.5) is 0 Å². The van der Waals surface area contributed by atoms with Gasteiger partial charge in [-0.2, -0.15) is 0 Å². The molecule has 0 saturated heterocycles. The monoisotopic (exact) mass is 191 g/mol. The van der Waals surface area contributed by atoms with Gasteiger partial charge in [0.1, 0.15) is 0 Å². The van der Waals surface area contributed by atoms with Gasteiger partial charge in [0.2, 0.25) is 0 Å². The Balaban J connectivity index is 1.84. The van der Waals surface area contributed by atoms with Crippen molar-refractivity contribution in [3.63, 3.8) is 0 Å². The van der Waals surface area contributed by atoms with Crippen LogP contribution in [0.1, 0.15) is 24.0 Å². The molecule has 76 valence electrons. The van der Waals surface area contributed by atoms with E-state index < -0.39 is 0 Å². The molecule has 0 radical (unpaired) electrons. The van der Waals surface area contributed by atoms with Crippen molar-refractivity contribution in [1.29, 1.82) is 0 Å². The van der Waals surface area contributed by atoms with E-state index in [4.69, 9.17) is 4.74 Å². The molecule has 0 heterocycles. The van der Waals surface area contributed by atoms with Gasteiger partial charge in [0.05, 0.1) is 6.61 Å². The molecule has 0 spiro atoms. The summed E-state index contributed by atoms with van der Waals surface area (Å²) in [7, 11) is 1.72. The van der Waals surface area contributed by atoms with Crippen LogP contribution in [0.15, 0.2) is 24.3 Å². The quantitative estimate of drug-likeness (QED) is 0.769. The Morgan fingerprint density at radius 2 is 1.86 bits per heavy atom. The van der Waals surface area contributed by atoms with E-state index in [9.17, 15) is 0 Å². The first-order chi connectivity index (χ1) is 6.88. The van der Waals surface area contributed by atoms with E-state index in [1.807, 2.05) is 0 Å². The Kier molecular flexibility index (Phi) is 3.17. The first-order valence-electron chi connectivity index (χ1n) is 5.18. The van der Waals surface area contributed by atoms with E-state index in [0.717, 1.165) is 12.6 Å². The predicted molar refractivity (Wildman–Crippen MR) is 57.0 cm³/mol. The summed E-state index contributed by atoms with van der Waals surface area (Å²) >= 11 is 0. The summed E-state index contributed by atoms with van der Waals surface area (Å²) in [4.78, 5) is 0. The predicted octanol–water partition coefficient (Wildman–Crippen LogP) is 2.08. The van der Waals surface area contributed by atoms with Gasteiger partial charge in [-0.25, -0.2) is 0 Å². The van der Waals surface area contributed by atoms with Gasteiger partial charge >= 0.3 is 0 Å². The van der Waals surface area contributed by atoms with Crippen LogP contribution < -0.4 is 5.32 Å². The van der Waals surface area contributed by atoms with Gasteiger partial charge in [-0.05, 0) is 24.0 Å². The van der Waals surface area contributed by atoms with E-state index in [0.29, 0.717) is 6.61 Å². The highest BCUT2D eigenvalue weighted by molar-refractivity contribution is 5.22. The molecule has 2 rings (SSSR count). The first kappa shape index (κ1) is 9.69. The summed E-state index contributed by atoms with van der Waals surface area (Å²) in [5, 5.41) is 3.49. The fourth-order valence-corrected chi connectivity index (χ4v) is 1.47. The summed E-state index contributed by atoms with van der Waals surface area (Å²) in [6, 6.07) is 9.39. The molecule has 0 atom stereocenters. The second-order valence-corrected chi connectivity index (χ2v) is 3.90. The maximum Gasteiger partial charge on any atom is 0.0713 e. The van der Waals surface area contributed by atoms with Crippen LogP contribution in [-0.4, -0.2) is 13.2 Å². The van der Waals surface area contributed by atoms with Crippen LogP contribution in [-0.2, 0) is 17.9 Å². The van der Waals surface area contributed by atoms with Crippen LogP contribution in [0.25, 0.3) is 0 Å². The molecule has 2 heteroatoms. The largest absolute Gasteiger partial charge is 0.380 e. The first-order valence-corrected chi connectivity index (χ1v) is 5.18. The van der Waals surface area contributed by atoms with E-state index in [1.54, 1.807) is 7.11 Å². The van der Waals surface area contributed by atoms with Gasteiger partial charge in [0.25, 0.3) is 0 Å². The van der Waals surface area contributed by atoms with E-state index in [1.165, 1.54) is 24.0 Å². The molecule has 1 aromatic carbocycles. The molecule has 1 N–H and O–H groups in total. The van der Waals surface area contributed by atoms with E-state index >= 15 is 0 Å². The molecule has 1 aliphatic carbocycles. The highest BCUT2D eigenvalue weighted by atomic mass is 16.5. The Bertz CT molecular complexity index is 277. The minimum Gasteiger partial charge on any atom is -0.380 e. The number of rotatable bonds is 5. The Hall–Kier alpha value is -0.860. The Labute approximate surface area is 85.3 Å². The zero-order chi connectivity index (χ0) is 9.80. The summed E-state index contributed by atoms with van der Waals surface area (Å²) < 4.78 is 5.06. The van der Waals surface area contributed by atoms with Crippen molar-refractivity contribution in [2.45, 2.75) is 32.0 Å². The minimum atomic E-state index is 0.705. The summed E-state index contributed by atoms with van der Waals surface area (Å²) in [6.45, 7) is 1.70. The number of benzene rings is 1. The standard InChI is InChI=1S/C12H17NO/c1-14-9-11-4-2-10(3-5-11)8-13-12-6-7-12/h2-5,12-13H,6-9H2,1H3. The number of hydrogen-bond donors (Lipinski definition) is 1. The van der Waals surface area contributed by atoms with Gasteiger partial charge in [-0.1, -0.05) is 24.3 Å². The topological polar surface area (TPSA) is 21.3 Å². The van der Waals surface area contributed by atoms with Crippen LogP contribution in [0.3, 0.4) is 0 Å². The molecular formula is C12H17NO. The molecule has 1 saturated carbocycles. The molecule has 1 fully saturated rings. The number of nitrogens with one attached hydrogen (secondary N) is 1. The van der Waals surface area contributed by atoms with Crippen molar-refractivity contribution in [3.05, 3.63) is 35.4 Å². The fraction of sp³-hybridized carbons (Fsp3) is 0.500. The number of methoxy groups -OCH3 is 1. The molecule has 0 aliphatic heterocycles. The van der Waals surface area contributed by atoms with Gasteiger partial charge in [-0.15, -0.1) is 0 Å². The lowest BCUT2D eigenvalue weighted by molar-refractivity contribution is 0.185. The lowest BCUT2D eigenvalue weighted by atomic mass is 10.1. The SMILES string of the molecule is COCc1ccc(CNC2CC2)cc1. The van der Waals surface area contributed by atoms with Gasteiger partial charge in [0, 0.05) is 19.7 Å². The van der Waals surface area contributed by atoms with E-state index in [2.05, 4.69) is 29.6 Å². The van der Waals surface area contributed by atoms with Crippen molar-refractivity contribution in [2.24, 2.45) is 0 Å². The number of hydrogen-bond acceptors (Lipinski definition) is 2. The molecular weight excluding hydrogens is 174 g/mol. The molecule has 0 unspecified atom stereocenters. The van der Waals surface area contributed by atoms with Crippen molar-refractivity contribution >= 4 is 0 Å². The number of ether oxygens (including phenoxy) is 1. The molecule has 0 aromatic heterocycles. The normalized spacial score (nSPS) is 15.8. The molecule has 14 heavy (non-hydrogen) atoms. The zero-order valence-electron chi connectivity index (χ0n) is 8.62. The van der Waals surface area contributed by atoms with Crippen LogP contribution >= 0.6 is 0 Å². The highest BCUT2D eigenvalue weighted by Gasteiger charge is 2.19. The van der Waals surface area contributed by atoms with Crippen LogP contribution in [0.5, 0.6) is 0 Å². The minimum absolute atomic E-state index is 0.705. The van der Waals surface area contributed by atoms with Crippen LogP contribution in [0, 0.1) is 0 Å². The van der Waals surface area contributed by atoms with E-state index in [-0.39, 0.29) is 0 Å². The highest BCUT2D eigenvalue weighted by Crippen LogP contribution is 2.19.